The van der Waals surface area contributed by atoms with Crippen LogP contribution in [0.2, 0.25) is 0 Å². The standard InChI is InChI=1S/C83H49F3N8/c84-83(85,86)63-42-52(50-87)41-61(43-63)64-49-82(94-79-39-35-59(75-31-15-27-71(91-75)55-21-9-3-10-22-55)46-67(79)68-47-60(36-40-80(68)94)76-32-16-28-72(92-76)56-23-11-4-12-24-56)81(48-62(64)51-88)93-77-37-33-57(73-29-13-25-69(89-73)53-17-5-1-6-18-53)44-65(77)66-45-58(34-38-78(66)93)74-30-14-26-70(90-74)54-19-7-2-8-20-54/h1-49H. The Kier molecular flexibility index (Phi) is 13.9. The quantitative estimate of drug-likeness (QED) is 0.128. The lowest BCUT2D eigenvalue weighted by atomic mass is 9.94. The average Bonchev–Trinajstić information content (AvgIpc) is 1.55. The largest absolute Gasteiger partial charge is 0.416 e. The summed E-state index contributed by atoms with van der Waals surface area (Å²) < 4.78 is 49.2. The molecule has 8 nitrogen and oxygen atoms in total. The van der Waals surface area contributed by atoms with E-state index in [4.69, 9.17) is 19.9 Å². The number of hydrogen-bond acceptors (Lipinski definition) is 6. The second-order valence-electron chi connectivity index (χ2n) is 23.1. The Morgan fingerprint density at radius 3 is 0.883 bits per heavy atom. The number of alkyl halides is 3. The van der Waals surface area contributed by atoms with Crippen LogP contribution in [-0.2, 0) is 6.18 Å². The number of fused-ring (bicyclic) bond motifs is 6. The SMILES string of the molecule is N#Cc1cc(-c2cc(-n3c4ccc(-c5cccc(-c6ccccc6)n5)cc4c4cc(-c5cccc(-c6ccccc6)n5)ccc43)c(-n3c4ccc(-c5cccc(-c6ccccc6)n5)cc4c4cc(-c5cccc(-c6ccccc6)n5)ccc43)cc2C#N)cc(C(F)(F)F)c1. The number of pyridine rings is 4. The molecule has 0 fully saturated rings. The maximum atomic E-state index is 15.0. The summed E-state index contributed by atoms with van der Waals surface area (Å²) in [5.41, 5.74) is 17.0. The van der Waals surface area contributed by atoms with Crippen LogP contribution in [0.5, 0.6) is 0 Å². The van der Waals surface area contributed by atoms with Gasteiger partial charge in [0.25, 0.3) is 0 Å². The van der Waals surface area contributed by atoms with Crippen molar-refractivity contribution in [3.8, 4) is 125 Å². The predicted molar refractivity (Wildman–Crippen MR) is 370 cm³/mol. The van der Waals surface area contributed by atoms with E-state index in [2.05, 4.69) is 75.9 Å². The van der Waals surface area contributed by atoms with Gasteiger partial charge in [0.05, 0.1) is 108 Å². The molecule has 0 N–H and O–H groups in total. The van der Waals surface area contributed by atoms with E-state index in [1.54, 1.807) is 12.1 Å². The minimum Gasteiger partial charge on any atom is -0.307 e. The van der Waals surface area contributed by atoms with Crippen molar-refractivity contribution in [2.45, 2.75) is 6.18 Å². The molecular weight excluding hydrogens is 1170 g/mol. The fourth-order valence-corrected chi connectivity index (χ4v) is 12.9. The van der Waals surface area contributed by atoms with Gasteiger partial charge in [-0.15, -0.1) is 0 Å². The maximum absolute atomic E-state index is 15.0. The van der Waals surface area contributed by atoms with Crippen LogP contribution in [0.1, 0.15) is 16.7 Å². The molecule has 0 radical (unpaired) electrons. The molecule has 0 spiro atoms. The van der Waals surface area contributed by atoms with Crippen LogP contribution in [0.4, 0.5) is 13.2 Å². The second kappa shape index (κ2) is 23.2. The number of halogens is 3. The minimum absolute atomic E-state index is 0.0572. The van der Waals surface area contributed by atoms with Crippen molar-refractivity contribution >= 4 is 43.6 Å². The van der Waals surface area contributed by atoms with Crippen LogP contribution in [0.3, 0.4) is 0 Å². The van der Waals surface area contributed by atoms with Crippen LogP contribution >= 0.6 is 0 Å². The summed E-state index contributed by atoms with van der Waals surface area (Å²) >= 11 is 0. The summed E-state index contributed by atoms with van der Waals surface area (Å²) in [5.74, 6) is 0. The van der Waals surface area contributed by atoms with Crippen LogP contribution in [0.15, 0.2) is 297 Å². The fourth-order valence-electron chi connectivity index (χ4n) is 12.9. The first kappa shape index (κ1) is 56.4. The highest BCUT2D eigenvalue weighted by Crippen LogP contribution is 2.45. The zero-order valence-electron chi connectivity index (χ0n) is 50.0. The van der Waals surface area contributed by atoms with Gasteiger partial charge in [0.15, 0.2) is 0 Å². The number of nitrogens with zero attached hydrogens (tertiary/aromatic N) is 8. The van der Waals surface area contributed by atoms with Gasteiger partial charge in [-0.1, -0.05) is 170 Å². The monoisotopic (exact) mass is 1210 g/mol. The second-order valence-corrected chi connectivity index (χ2v) is 23.1. The lowest BCUT2D eigenvalue weighted by Gasteiger charge is -2.20. The maximum Gasteiger partial charge on any atom is 0.416 e. The molecule has 0 atom stereocenters. The van der Waals surface area contributed by atoms with E-state index in [0.29, 0.717) is 11.4 Å². The smallest absolute Gasteiger partial charge is 0.307 e. The van der Waals surface area contributed by atoms with E-state index in [1.807, 2.05) is 212 Å². The number of benzene rings is 10. The van der Waals surface area contributed by atoms with Crippen LogP contribution < -0.4 is 0 Å². The van der Waals surface area contributed by atoms with Crippen molar-refractivity contribution in [2.75, 3.05) is 0 Å². The van der Waals surface area contributed by atoms with Crippen LogP contribution in [-0.4, -0.2) is 29.1 Å². The van der Waals surface area contributed by atoms with Crippen molar-refractivity contribution < 1.29 is 13.2 Å². The predicted octanol–water partition coefficient (Wildman–Crippen LogP) is 21.2. The Hall–Kier alpha value is -12.8. The van der Waals surface area contributed by atoms with E-state index in [-0.39, 0.29) is 22.3 Å². The number of aromatic nitrogens is 6. The first-order valence-corrected chi connectivity index (χ1v) is 30.6. The van der Waals surface area contributed by atoms with Gasteiger partial charge in [0.1, 0.15) is 0 Å². The third kappa shape index (κ3) is 10.3. The number of hydrogen-bond donors (Lipinski definition) is 0. The Balaban J connectivity index is 0.987. The molecule has 94 heavy (non-hydrogen) atoms. The van der Waals surface area contributed by atoms with E-state index >= 15 is 0 Å². The third-order valence-electron chi connectivity index (χ3n) is 17.4. The van der Waals surface area contributed by atoms with Gasteiger partial charge in [-0.25, -0.2) is 19.9 Å². The molecule has 0 aliphatic heterocycles. The summed E-state index contributed by atoms with van der Waals surface area (Å²) in [4.78, 5) is 20.8. The van der Waals surface area contributed by atoms with Crippen molar-refractivity contribution in [1.82, 2.24) is 29.1 Å². The molecule has 0 amide bonds. The Morgan fingerprint density at radius 1 is 0.277 bits per heavy atom. The van der Waals surface area contributed by atoms with Crippen molar-refractivity contribution in [3.63, 3.8) is 0 Å². The van der Waals surface area contributed by atoms with E-state index in [9.17, 15) is 23.7 Å². The van der Waals surface area contributed by atoms with E-state index < -0.39 is 11.7 Å². The molecule has 0 bridgehead atoms. The van der Waals surface area contributed by atoms with Gasteiger partial charge in [0, 0.05) is 71.6 Å². The number of nitriles is 2. The summed E-state index contributed by atoms with van der Waals surface area (Å²) in [5, 5.41) is 25.2. The highest BCUT2D eigenvalue weighted by atomic mass is 19.4. The highest BCUT2D eigenvalue weighted by Gasteiger charge is 2.32. The highest BCUT2D eigenvalue weighted by molar-refractivity contribution is 6.14. The molecule has 0 saturated carbocycles. The van der Waals surface area contributed by atoms with Gasteiger partial charge in [-0.05, 0) is 133 Å². The fraction of sp³-hybridized carbons (Fsp3) is 0.0120. The van der Waals surface area contributed by atoms with Crippen LogP contribution in [0, 0.1) is 22.7 Å². The summed E-state index contributed by atoms with van der Waals surface area (Å²) in [6, 6.07) is 100. The van der Waals surface area contributed by atoms with E-state index in [1.165, 1.54) is 6.07 Å². The third-order valence-corrected chi connectivity index (χ3v) is 17.4. The zero-order valence-corrected chi connectivity index (χ0v) is 50.0. The molecule has 0 aliphatic carbocycles. The molecule has 0 unspecified atom stereocenters. The average molecular weight is 1220 g/mol. The minimum atomic E-state index is -4.80. The molecule has 442 valence electrons. The van der Waals surface area contributed by atoms with Crippen molar-refractivity contribution in [2.24, 2.45) is 0 Å². The van der Waals surface area contributed by atoms with E-state index in [0.717, 1.165) is 146 Å². The molecule has 0 aliphatic rings. The lowest BCUT2D eigenvalue weighted by Crippen LogP contribution is -2.07. The molecule has 16 aromatic rings. The van der Waals surface area contributed by atoms with Gasteiger partial charge in [-0.2, -0.15) is 23.7 Å². The van der Waals surface area contributed by atoms with Gasteiger partial charge in [-0.3, -0.25) is 0 Å². The Labute approximate surface area is 538 Å². The van der Waals surface area contributed by atoms with Gasteiger partial charge >= 0.3 is 6.18 Å². The molecule has 6 aromatic heterocycles. The molecule has 0 saturated heterocycles. The van der Waals surface area contributed by atoms with Crippen LogP contribution in [0.25, 0.3) is 156 Å². The molecule has 10 aromatic carbocycles. The Bertz CT molecular complexity index is 5470. The Morgan fingerprint density at radius 2 is 0.585 bits per heavy atom. The molecule has 11 heteroatoms. The molecule has 16 rings (SSSR count). The summed E-state index contributed by atoms with van der Waals surface area (Å²) in [6.45, 7) is 0. The lowest BCUT2D eigenvalue weighted by molar-refractivity contribution is -0.137. The van der Waals surface area contributed by atoms with Gasteiger partial charge in [0.2, 0.25) is 0 Å². The van der Waals surface area contributed by atoms with Gasteiger partial charge < -0.3 is 9.13 Å². The summed E-state index contributed by atoms with van der Waals surface area (Å²) in [6.07, 6.45) is -4.80. The number of rotatable bonds is 11. The van der Waals surface area contributed by atoms with Crippen molar-refractivity contribution in [1.29, 1.82) is 10.5 Å². The summed E-state index contributed by atoms with van der Waals surface area (Å²) in [7, 11) is 0. The topological polar surface area (TPSA) is 109 Å². The molecular formula is C83H49F3N8. The normalized spacial score (nSPS) is 11.5. The first-order chi connectivity index (χ1) is 46.1. The first-order valence-electron chi connectivity index (χ1n) is 30.6. The molecule has 6 heterocycles. The van der Waals surface area contributed by atoms with Crippen molar-refractivity contribution in [3.05, 3.63) is 314 Å². The zero-order chi connectivity index (χ0) is 63.4.